The fraction of sp³-hybridized carbons (Fsp3) is 0.571. The third-order valence-corrected chi connectivity index (χ3v) is 6.40. The van der Waals surface area contributed by atoms with E-state index < -0.39 is 11.2 Å². The SMILES string of the molecule is CC(C)(C)OC(=O)N1CCN(c2ccnc(Cl)c2)CC1.CC(C)(C)OC(=O)N1CCN(c2ccnc(NN)c2)CC1.NN.O. The van der Waals surface area contributed by atoms with Gasteiger partial charge in [-0.1, -0.05) is 11.6 Å². The summed E-state index contributed by atoms with van der Waals surface area (Å²) in [7, 11) is 0. The minimum Gasteiger partial charge on any atom is -0.444 e. The number of nitrogens with one attached hydrogen (secondary N) is 1. The van der Waals surface area contributed by atoms with Gasteiger partial charge in [-0.2, -0.15) is 0 Å². The molecule has 2 fully saturated rings. The number of carbonyl (C=O) groups is 2. The van der Waals surface area contributed by atoms with Crippen LogP contribution in [0.1, 0.15) is 41.5 Å². The molecule has 2 aliphatic heterocycles. The van der Waals surface area contributed by atoms with Crippen molar-refractivity contribution in [2.24, 2.45) is 17.5 Å². The number of anilines is 3. The third kappa shape index (κ3) is 12.9. The maximum Gasteiger partial charge on any atom is 0.410 e. The van der Waals surface area contributed by atoms with Crippen molar-refractivity contribution in [2.45, 2.75) is 52.7 Å². The van der Waals surface area contributed by atoms with Crippen molar-refractivity contribution in [3.63, 3.8) is 0 Å². The Bertz CT molecular complexity index is 1160. The number of pyridine rings is 2. The van der Waals surface area contributed by atoms with Crippen molar-refractivity contribution < 1.29 is 24.5 Å². The average Bonchev–Trinajstić information content (AvgIpc) is 2.97. The molecule has 2 aliphatic rings. The molecule has 0 aromatic carbocycles. The summed E-state index contributed by atoms with van der Waals surface area (Å²) in [5.74, 6) is 14.0. The molecule has 16 heteroatoms. The normalized spacial score (nSPS) is 15.0. The van der Waals surface area contributed by atoms with Crippen molar-refractivity contribution >= 4 is 41.0 Å². The zero-order valence-corrected chi connectivity index (χ0v) is 27.3. The van der Waals surface area contributed by atoms with E-state index in [1.165, 1.54) is 0 Å². The fourth-order valence-electron chi connectivity index (χ4n) is 4.23. The minimum atomic E-state index is -0.457. The Morgan fingerprint density at radius 2 is 1.14 bits per heavy atom. The van der Waals surface area contributed by atoms with Crippen LogP contribution < -0.4 is 32.8 Å². The lowest BCUT2D eigenvalue weighted by atomic mass is 10.2. The molecule has 0 saturated carbocycles. The number of ether oxygens (including phenoxy) is 2. The Labute approximate surface area is 264 Å². The van der Waals surface area contributed by atoms with Gasteiger partial charge in [-0.3, -0.25) is 11.7 Å². The molecule has 248 valence electrons. The molecule has 4 heterocycles. The number of nitrogens with zero attached hydrogens (tertiary/aromatic N) is 6. The molecule has 15 nitrogen and oxygen atoms in total. The summed E-state index contributed by atoms with van der Waals surface area (Å²) < 4.78 is 10.8. The molecule has 2 aromatic heterocycles. The molecular formula is C28H49ClN10O5. The van der Waals surface area contributed by atoms with Gasteiger partial charge in [-0.15, -0.1) is 0 Å². The maximum absolute atomic E-state index is 12.0. The molecule has 0 atom stereocenters. The third-order valence-electron chi connectivity index (χ3n) is 6.19. The summed E-state index contributed by atoms with van der Waals surface area (Å²) in [6.45, 7) is 16.9. The number of halogens is 1. The summed E-state index contributed by atoms with van der Waals surface area (Å²) in [6.07, 6.45) is 2.91. The molecule has 0 spiro atoms. The number of amides is 2. The lowest BCUT2D eigenvalue weighted by Gasteiger charge is -2.36. The first-order chi connectivity index (χ1) is 20.2. The van der Waals surface area contributed by atoms with Crippen LogP contribution in [0.2, 0.25) is 5.15 Å². The van der Waals surface area contributed by atoms with Gasteiger partial charge in [0.25, 0.3) is 0 Å². The standard InChI is InChI=1S/C14H20ClN3O2.C14H23N5O2.H4N2.H2O/c1-14(2,3)20-13(19)18-8-6-17(7-9-18)11-4-5-16-12(15)10-11;1-14(2,3)21-13(20)19-8-6-18(7-9-19)11-4-5-16-12(10-11)17-15;1-2;/h4-5,10H,6-9H2,1-3H3;4-5,10H,6-9,15H2,1-3H3,(H,16,17);1-2H2;1H2. The van der Waals surface area contributed by atoms with E-state index in [1.807, 2.05) is 65.8 Å². The predicted octanol–water partition coefficient (Wildman–Crippen LogP) is 2.21. The molecule has 2 aromatic rings. The molecule has 9 N–H and O–H groups in total. The number of hydrogen-bond donors (Lipinski definition) is 4. The predicted molar refractivity (Wildman–Crippen MR) is 173 cm³/mol. The van der Waals surface area contributed by atoms with Crippen LogP contribution in [0.25, 0.3) is 0 Å². The number of piperazine rings is 2. The summed E-state index contributed by atoms with van der Waals surface area (Å²) >= 11 is 5.89. The van der Waals surface area contributed by atoms with Gasteiger partial charge in [-0.05, 0) is 59.7 Å². The van der Waals surface area contributed by atoms with Crippen LogP contribution in [-0.2, 0) is 9.47 Å². The summed E-state index contributed by atoms with van der Waals surface area (Å²) in [5, 5.41) is 0.483. The molecule has 44 heavy (non-hydrogen) atoms. The number of rotatable bonds is 3. The van der Waals surface area contributed by atoms with Gasteiger partial charge in [0.05, 0.1) is 0 Å². The van der Waals surface area contributed by atoms with E-state index in [9.17, 15) is 9.59 Å². The van der Waals surface area contributed by atoms with Crippen molar-refractivity contribution in [2.75, 3.05) is 67.6 Å². The van der Waals surface area contributed by atoms with Crippen LogP contribution in [0.5, 0.6) is 0 Å². The summed E-state index contributed by atoms with van der Waals surface area (Å²) in [5.41, 5.74) is 3.71. The summed E-state index contributed by atoms with van der Waals surface area (Å²) in [4.78, 5) is 39.9. The van der Waals surface area contributed by atoms with E-state index in [1.54, 1.807) is 22.2 Å². The second-order valence-corrected chi connectivity index (χ2v) is 12.2. The lowest BCUT2D eigenvalue weighted by molar-refractivity contribution is 0.0230. The highest BCUT2D eigenvalue weighted by Gasteiger charge is 2.27. The molecule has 2 amide bonds. The average molecular weight is 641 g/mol. The van der Waals surface area contributed by atoms with Gasteiger partial charge in [-0.25, -0.2) is 25.4 Å². The molecule has 4 rings (SSSR count). The highest BCUT2D eigenvalue weighted by Crippen LogP contribution is 2.21. The van der Waals surface area contributed by atoms with Gasteiger partial charge in [0.1, 0.15) is 22.2 Å². The van der Waals surface area contributed by atoms with Gasteiger partial charge in [0.15, 0.2) is 0 Å². The fourth-order valence-corrected chi connectivity index (χ4v) is 4.40. The van der Waals surface area contributed by atoms with Crippen LogP contribution in [0.3, 0.4) is 0 Å². The monoisotopic (exact) mass is 640 g/mol. The van der Waals surface area contributed by atoms with Gasteiger partial charge in [0.2, 0.25) is 0 Å². The van der Waals surface area contributed by atoms with Crippen molar-refractivity contribution in [1.82, 2.24) is 19.8 Å². The number of carbonyl (C=O) groups excluding carboxylic acids is 2. The van der Waals surface area contributed by atoms with Crippen LogP contribution in [0.4, 0.5) is 26.8 Å². The Balaban J connectivity index is 0.000000408. The smallest absolute Gasteiger partial charge is 0.410 e. The highest BCUT2D eigenvalue weighted by molar-refractivity contribution is 6.29. The largest absolute Gasteiger partial charge is 0.444 e. The number of nitrogen functional groups attached to an aromatic ring is 1. The van der Waals surface area contributed by atoms with E-state index in [-0.39, 0.29) is 17.7 Å². The quantitative estimate of drug-likeness (QED) is 0.216. The molecule has 2 saturated heterocycles. The van der Waals surface area contributed by atoms with Gasteiger partial charge in [0, 0.05) is 82.2 Å². The van der Waals surface area contributed by atoms with E-state index in [2.05, 4.69) is 36.9 Å². The van der Waals surface area contributed by atoms with E-state index in [0.717, 1.165) is 37.6 Å². The Morgan fingerprint density at radius 1 is 0.750 bits per heavy atom. The number of aromatic nitrogens is 2. The Morgan fingerprint density at radius 3 is 1.50 bits per heavy atom. The van der Waals surface area contributed by atoms with Gasteiger partial charge >= 0.3 is 12.2 Å². The van der Waals surface area contributed by atoms with Crippen LogP contribution in [0, 0.1) is 0 Å². The molecular weight excluding hydrogens is 592 g/mol. The summed E-state index contributed by atoms with van der Waals surface area (Å²) in [6, 6.07) is 7.59. The van der Waals surface area contributed by atoms with Crippen molar-refractivity contribution in [3.05, 3.63) is 41.8 Å². The van der Waals surface area contributed by atoms with Crippen molar-refractivity contribution in [1.29, 1.82) is 0 Å². The Hall–Kier alpha value is -3.63. The molecule has 0 radical (unpaired) electrons. The zero-order chi connectivity index (χ0) is 32.2. The second kappa shape index (κ2) is 17.6. The first kappa shape index (κ1) is 38.4. The highest BCUT2D eigenvalue weighted by atomic mass is 35.5. The zero-order valence-electron chi connectivity index (χ0n) is 26.5. The molecule has 0 aliphatic carbocycles. The molecule has 0 bridgehead atoms. The van der Waals surface area contributed by atoms with Crippen molar-refractivity contribution in [3.8, 4) is 0 Å². The van der Waals surface area contributed by atoms with Crippen LogP contribution in [-0.4, -0.2) is 101 Å². The first-order valence-electron chi connectivity index (χ1n) is 14.1. The number of hydrogen-bond acceptors (Lipinski definition) is 12. The van der Waals surface area contributed by atoms with Crippen LogP contribution >= 0.6 is 11.6 Å². The Kier molecular flexibility index (Phi) is 15.4. The minimum absolute atomic E-state index is 0. The lowest BCUT2D eigenvalue weighted by Crippen LogP contribution is -2.50. The topological polar surface area (TPSA) is 213 Å². The first-order valence-corrected chi connectivity index (χ1v) is 14.5. The van der Waals surface area contributed by atoms with E-state index in [4.69, 9.17) is 26.9 Å². The van der Waals surface area contributed by atoms with Crippen LogP contribution in [0.15, 0.2) is 36.7 Å². The van der Waals surface area contributed by atoms with E-state index >= 15 is 0 Å². The number of nitrogens with two attached hydrogens (primary N) is 3. The second-order valence-electron chi connectivity index (χ2n) is 11.8. The van der Waals surface area contributed by atoms with Gasteiger partial charge < -0.3 is 40.0 Å². The van der Waals surface area contributed by atoms with E-state index in [0.29, 0.717) is 37.1 Å². The molecule has 0 unspecified atom stereocenters. The number of hydrazine groups is 2. The maximum atomic E-state index is 12.0.